The number of aromatic nitrogens is 2. The standard InChI is InChI=1S/C23H30FN3O4/c1-15(2)14-23(16(3)28,25-20(29)13-8-17-6-4-5-7-17)27-21(26-31-22(27)30)18-9-11-19(24)12-10-18/h9-12,15,17H,4-8,13-14H2,1-3H3,(H,25,29). The van der Waals surface area contributed by atoms with Crippen LogP contribution in [0.4, 0.5) is 4.39 Å². The fourth-order valence-electron chi connectivity index (χ4n) is 4.47. The van der Waals surface area contributed by atoms with Gasteiger partial charge in [-0.05, 0) is 55.9 Å². The average Bonchev–Trinajstić information content (AvgIpc) is 3.36. The Morgan fingerprint density at radius 2 is 1.90 bits per heavy atom. The molecule has 1 fully saturated rings. The zero-order chi connectivity index (χ0) is 22.6. The number of carbonyl (C=O) groups is 2. The number of nitrogens with zero attached hydrogens (tertiary/aromatic N) is 2. The molecule has 0 bridgehead atoms. The molecule has 7 nitrogen and oxygen atoms in total. The molecule has 0 saturated heterocycles. The zero-order valence-corrected chi connectivity index (χ0v) is 18.3. The van der Waals surface area contributed by atoms with Crippen molar-refractivity contribution >= 4 is 11.7 Å². The van der Waals surface area contributed by atoms with Gasteiger partial charge in [-0.15, -0.1) is 0 Å². The number of benzene rings is 1. The van der Waals surface area contributed by atoms with E-state index in [1.165, 1.54) is 44.0 Å². The van der Waals surface area contributed by atoms with Crippen LogP contribution in [0.5, 0.6) is 0 Å². The predicted molar refractivity (Wildman–Crippen MR) is 114 cm³/mol. The highest BCUT2D eigenvalue weighted by Crippen LogP contribution is 2.31. The predicted octanol–water partition coefficient (Wildman–Crippen LogP) is 4.02. The molecule has 0 aliphatic heterocycles. The van der Waals surface area contributed by atoms with E-state index < -0.39 is 23.0 Å². The van der Waals surface area contributed by atoms with E-state index in [4.69, 9.17) is 4.52 Å². The van der Waals surface area contributed by atoms with Crippen LogP contribution in [-0.2, 0) is 15.3 Å². The Balaban J connectivity index is 2.00. The van der Waals surface area contributed by atoms with Gasteiger partial charge in [0.1, 0.15) is 5.82 Å². The highest BCUT2D eigenvalue weighted by atomic mass is 19.1. The van der Waals surface area contributed by atoms with E-state index in [0.29, 0.717) is 11.5 Å². The number of amides is 1. The summed E-state index contributed by atoms with van der Waals surface area (Å²) in [5.41, 5.74) is -1.23. The Hall–Kier alpha value is -2.77. The molecule has 1 N–H and O–H groups in total. The van der Waals surface area contributed by atoms with Crippen LogP contribution < -0.4 is 11.1 Å². The third-order valence-electron chi connectivity index (χ3n) is 5.98. The van der Waals surface area contributed by atoms with Gasteiger partial charge in [-0.25, -0.2) is 13.8 Å². The minimum atomic E-state index is -1.64. The van der Waals surface area contributed by atoms with Crippen LogP contribution in [0.15, 0.2) is 33.6 Å². The second-order valence-electron chi connectivity index (χ2n) is 8.87. The van der Waals surface area contributed by atoms with Gasteiger partial charge in [-0.1, -0.05) is 44.7 Å². The topological polar surface area (TPSA) is 94.2 Å². The summed E-state index contributed by atoms with van der Waals surface area (Å²) in [6, 6.07) is 5.37. The number of halogens is 1. The Morgan fingerprint density at radius 1 is 1.26 bits per heavy atom. The lowest BCUT2D eigenvalue weighted by molar-refractivity contribution is -0.136. The van der Waals surface area contributed by atoms with Crippen molar-refractivity contribution in [1.29, 1.82) is 0 Å². The average molecular weight is 432 g/mol. The summed E-state index contributed by atoms with van der Waals surface area (Å²) in [4.78, 5) is 38.6. The summed E-state index contributed by atoms with van der Waals surface area (Å²) in [5.74, 6) is -1.42. The smallest absolute Gasteiger partial charge is 0.327 e. The first kappa shape index (κ1) is 22.9. The van der Waals surface area contributed by atoms with Crippen LogP contribution in [-0.4, -0.2) is 21.4 Å². The summed E-state index contributed by atoms with van der Waals surface area (Å²) in [6.07, 6.45) is 5.84. The van der Waals surface area contributed by atoms with Crippen LogP contribution in [0, 0.1) is 17.7 Å². The summed E-state index contributed by atoms with van der Waals surface area (Å²) >= 11 is 0. The molecule has 3 rings (SSSR count). The molecule has 1 amide bonds. The molecule has 2 aromatic rings. The van der Waals surface area contributed by atoms with Crippen molar-refractivity contribution in [2.45, 2.75) is 71.4 Å². The Kier molecular flexibility index (Phi) is 7.08. The van der Waals surface area contributed by atoms with Gasteiger partial charge in [-0.2, -0.15) is 0 Å². The maximum absolute atomic E-state index is 13.4. The molecule has 1 aliphatic carbocycles. The zero-order valence-electron chi connectivity index (χ0n) is 18.3. The van der Waals surface area contributed by atoms with E-state index in [-0.39, 0.29) is 30.5 Å². The summed E-state index contributed by atoms with van der Waals surface area (Å²) in [5, 5.41) is 6.69. The van der Waals surface area contributed by atoms with Crippen molar-refractivity contribution in [3.05, 3.63) is 40.6 Å². The lowest BCUT2D eigenvalue weighted by Gasteiger charge is -2.34. The van der Waals surface area contributed by atoms with Gasteiger partial charge in [0, 0.05) is 12.0 Å². The quantitative estimate of drug-likeness (QED) is 0.647. The summed E-state index contributed by atoms with van der Waals surface area (Å²) in [7, 11) is 0. The Labute approximate surface area is 181 Å². The van der Waals surface area contributed by atoms with Gasteiger partial charge >= 0.3 is 5.76 Å². The molecule has 1 heterocycles. The molecule has 8 heteroatoms. The lowest BCUT2D eigenvalue weighted by atomic mass is 9.92. The Morgan fingerprint density at radius 3 is 2.48 bits per heavy atom. The molecule has 1 unspecified atom stereocenters. The second-order valence-corrected chi connectivity index (χ2v) is 8.87. The highest BCUT2D eigenvalue weighted by Gasteiger charge is 2.44. The van der Waals surface area contributed by atoms with E-state index in [1.54, 1.807) is 0 Å². The first-order valence-corrected chi connectivity index (χ1v) is 10.9. The normalized spacial score (nSPS) is 16.4. The van der Waals surface area contributed by atoms with Crippen LogP contribution in [0.2, 0.25) is 0 Å². The molecule has 31 heavy (non-hydrogen) atoms. The third kappa shape index (κ3) is 5.11. The van der Waals surface area contributed by atoms with Crippen molar-refractivity contribution in [2.75, 3.05) is 0 Å². The molecule has 1 aromatic carbocycles. The number of hydrogen-bond acceptors (Lipinski definition) is 5. The number of rotatable bonds is 9. The molecule has 0 spiro atoms. The number of carbonyl (C=O) groups excluding carboxylic acids is 2. The van der Waals surface area contributed by atoms with Gasteiger partial charge in [0.25, 0.3) is 0 Å². The van der Waals surface area contributed by atoms with Crippen molar-refractivity contribution < 1.29 is 18.5 Å². The number of hydrogen-bond donors (Lipinski definition) is 1. The van der Waals surface area contributed by atoms with Gasteiger partial charge in [-0.3, -0.25) is 14.1 Å². The first-order chi connectivity index (χ1) is 14.7. The second kappa shape index (κ2) is 9.58. The molecule has 1 saturated carbocycles. The number of nitrogens with one attached hydrogen (secondary N) is 1. The molecule has 0 radical (unpaired) electrons. The summed E-state index contributed by atoms with van der Waals surface area (Å²) < 4.78 is 19.4. The van der Waals surface area contributed by atoms with Gasteiger partial charge in [0.05, 0.1) is 0 Å². The Bertz CT molecular complexity index is 973. The lowest BCUT2D eigenvalue weighted by Crippen LogP contribution is -2.59. The van der Waals surface area contributed by atoms with E-state index >= 15 is 0 Å². The third-order valence-corrected chi connectivity index (χ3v) is 5.98. The van der Waals surface area contributed by atoms with Crippen LogP contribution in [0.25, 0.3) is 11.4 Å². The van der Waals surface area contributed by atoms with Gasteiger partial charge in [0.2, 0.25) is 5.91 Å². The van der Waals surface area contributed by atoms with E-state index in [0.717, 1.165) is 23.8 Å². The molecule has 1 aromatic heterocycles. The van der Waals surface area contributed by atoms with Crippen molar-refractivity contribution in [2.24, 2.45) is 11.8 Å². The largest absolute Gasteiger partial charge is 0.444 e. The fraction of sp³-hybridized carbons (Fsp3) is 0.565. The monoisotopic (exact) mass is 431 g/mol. The van der Waals surface area contributed by atoms with Gasteiger partial charge < -0.3 is 5.32 Å². The first-order valence-electron chi connectivity index (χ1n) is 10.9. The molecule has 168 valence electrons. The molecular formula is C23H30FN3O4. The van der Waals surface area contributed by atoms with Crippen LogP contribution in [0.3, 0.4) is 0 Å². The van der Waals surface area contributed by atoms with E-state index in [2.05, 4.69) is 10.5 Å². The fourth-order valence-corrected chi connectivity index (χ4v) is 4.47. The van der Waals surface area contributed by atoms with Crippen molar-refractivity contribution in [3.63, 3.8) is 0 Å². The minimum absolute atomic E-state index is 0.0260. The van der Waals surface area contributed by atoms with Crippen LogP contribution in [0.1, 0.15) is 65.7 Å². The maximum atomic E-state index is 13.4. The van der Waals surface area contributed by atoms with E-state index in [9.17, 15) is 18.8 Å². The summed E-state index contributed by atoms with van der Waals surface area (Å²) in [6.45, 7) is 5.14. The van der Waals surface area contributed by atoms with Gasteiger partial charge in [0.15, 0.2) is 17.3 Å². The SMILES string of the molecule is CC(=O)C(CC(C)C)(NC(=O)CCC1CCCC1)n1c(-c2ccc(F)cc2)noc1=O. The maximum Gasteiger partial charge on any atom is 0.444 e. The molecule has 1 atom stereocenters. The van der Waals surface area contributed by atoms with Crippen molar-refractivity contribution in [3.8, 4) is 11.4 Å². The molecule has 1 aliphatic rings. The minimum Gasteiger partial charge on any atom is -0.327 e. The van der Waals surface area contributed by atoms with E-state index in [1.807, 2.05) is 13.8 Å². The van der Waals surface area contributed by atoms with Crippen LogP contribution >= 0.6 is 0 Å². The number of ketones is 1. The number of Topliss-reactive ketones (excluding diaryl/α,β-unsaturated/α-hetero) is 1. The highest BCUT2D eigenvalue weighted by molar-refractivity contribution is 5.90. The van der Waals surface area contributed by atoms with Crippen molar-refractivity contribution in [1.82, 2.24) is 15.0 Å². The molecular weight excluding hydrogens is 401 g/mol.